The van der Waals surface area contributed by atoms with Crippen LogP contribution in [0.25, 0.3) is 10.2 Å². The molecular formula is C21H22N2O3S3. The number of carbonyl (C=O) groups excluding carboxylic acids is 1. The summed E-state index contributed by atoms with van der Waals surface area (Å²) in [6, 6.07) is 15.2. The zero-order valence-corrected chi connectivity index (χ0v) is 18.7. The van der Waals surface area contributed by atoms with Gasteiger partial charge in [0, 0.05) is 17.2 Å². The highest BCUT2D eigenvalue weighted by atomic mass is 32.2. The number of fused-ring (bicyclic) bond motifs is 1. The maximum atomic E-state index is 13.3. The summed E-state index contributed by atoms with van der Waals surface area (Å²) in [5.41, 5.74) is 1.55. The van der Waals surface area contributed by atoms with Gasteiger partial charge in [-0.3, -0.25) is 4.79 Å². The summed E-state index contributed by atoms with van der Waals surface area (Å²) in [5.74, 6) is 0.328. The summed E-state index contributed by atoms with van der Waals surface area (Å²) in [4.78, 5) is 20.5. The standard InChI is InChI=1S/C21H22N2O3S3/c1-14(20-22-17-8-4-6-10-19(17)28-20)23(2)21(24)16-7-3-5-9-18(16)27-15-11-12-29(25,26)13-15/h3-10,14-15H,11-13H2,1-2H3/t14-,15+/m1/s1. The Labute approximate surface area is 179 Å². The third kappa shape index (κ3) is 4.34. The van der Waals surface area contributed by atoms with Crippen LogP contribution in [0.15, 0.2) is 53.4 Å². The van der Waals surface area contributed by atoms with Gasteiger partial charge in [0.2, 0.25) is 0 Å². The zero-order chi connectivity index (χ0) is 20.6. The van der Waals surface area contributed by atoms with Gasteiger partial charge >= 0.3 is 0 Å². The van der Waals surface area contributed by atoms with Gasteiger partial charge in [0.05, 0.1) is 33.3 Å². The summed E-state index contributed by atoms with van der Waals surface area (Å²) < 4.78 is 24.7. The molecule has 0 aliphatic carbocycles. The molecule has 29 heavy (non-hydrogen) atoms. The molecule has 1 aliphatic rings. The fraction of sp³-hybridized carbons (Fsp3) is 0.333. The molecule has 1 amide bonds. The Morgan fingerprint density at radius 1 is 1.21 bits per heavy atom. The number of hydrogen-bond acceptors (Lipinski definition) is 6. The first-order valence-corrected chi connectivity index (χ1v) is 12.9. The molecule has 0 bridgehead atoms. The van der Waals surface area contributed by atoms with E-state index in [4.69, 9.17) is 0 Å². The van der Waals surface area contributed by atoms with Gasteiger partial charge in [-0.05, 0) is 37.6 Å². The van der Waals surface area contributed by atoms with E-state index in [-0.39, 0.29) is 28.7 Å². The van der Waals surface area contributed by atoms with Crippen molar-refractivity contribution in [1.82, 2.24) is 9.88 Å². The fourth-order valence-electron chi connectivity index (χ4n) is 3.38. The quantitative estimate of drug-likeness (QED) is 0.581. The Bertz CT molecular complexity index is 1120. The fourth-order valence-corrected chi connectivity index (χ4v) is 8.06. The maximum Gasteiger partial charge on any atom is 0.255 e. The minimum absolute atomic E-state index is 0.000872. The molecule has 2 aromatic carbocycles. The Morgan fingerprint density at radius 2 is 1.93 bits per heavy atom. The van der Waals surface area contributed by atoms with Crippen molar-refractivity contribution < 1.29 is 13.2 Å². The van der Waals surface area contributed by atoms with E-state index < -0.39 is 9.84 Å². The van der Waals surface area contributed by atoms with E-state index in [1.165, 1.54) is 11.8 Å². The van der Waals surface area contributed by atoms with Gasteiger partial charge in [0.25, 0.3) is 5.91 Å². The SMILES string of the molecule is C[C@H](c1nc2ccccc2s1)N(C)C(=O)c1ccccc1S[C@H]1CCS(=O)(=O)C1. The van der Waals surface area contributed by atoms with Crippen LogP contribution in [0, 0.1) is 0 Å². The highest BCUT2D eigenvalue weighted by molar-refractivity contribution is 8.02. The molecule has 2 atom stereocenters. The highest BCUT2D eigenvalue weighted by Crippen LogP contribution is 2.35. The molecular weight excluding hydrogens is 424 g/mol. The molecule has 2 heterocycles. The number of para-hydroxylation sites is 1. The van der Waals surface area contributed by atoms with Crippen molar-refractivity contribution in [3.8, 4) is 0 Å². The predicted octanol–water partition coefficient (Wildman–Crippen LogP) is 4.41. The maximum absolute atomic E-state index is 13.3. The first-order chi connectivity index (χ1) is 13.8. The van der Waals surface area contributed by atoms with E-state index >= 15 is 0 Å². The van der Waals surface area contributed by atoms with Crippen LogP contribution >= 0.6 is 23.1 Å². The van der Waals surface area contributed by atoms with Crippen LogP contribution in [0.5, 0.6) is 0 Å². The minimum atomic E-state index is -2.95. The van der Waals surface area contributed by atoms with E-state index in [1.54, 1.807) is 23.3 Å². The first kappa shape index (κ1) is 20.4. The smallest absolute Gasteiger partial charge is 0.255 e. The molecule has 152 valence electrons. The number of hydrogen-bond donors (Lipinski definition) is 0. The van der Waals surface area contributed by atoms with Crippen LogP contribution in [0.4, 0.5) is 0 Å². The lowest BCUT2D eigenvalue weighted by Crippen LogP contribution is -2.30. The summed E-state index contributed by atoms with van der Waals surface area (Å²) in [6.07, 6.45) is 0.632. The Morgan fingerprint density at radius 3 is 2.66 bits per heavy atom. The number of aromatic nitrogens is 1. The predicted molar refractivity (Wildman–Crippen MR) is 119 cm³/mol. The molecule has 8 heteroatoms. The lowest BCUT2D eigenvalue weighted by molar-refractivity contribution is 0.0739. The number of carbonyl (C=O) groups is 1. The zero-order valence-electron chi connectivity index (χ0n) is 16.2. The number of benzene rings is 2. The topological polar surface area (TPSA) is 67.3 Å². The second-order valence-electron chi connectivity index (χ2n) is 7.25. The van der Waals surface area contributed by atoms with Crippen LogP contribution < -0.4 is 0 Å². The molecule has 0 radical (unpaired) electrons. The molecule has 0 saturated carbocycles. The number of sulfone groups is 1. The lowest BCUT2D eigenvalue weighted by atomic mass is 10.2. The Hall–Kier alpha value is -1.90. The molecule has 3 aromatic rings. The molecule has 1 saturated heterocycles. The number of rotatable bonds is 5. The number of thioether (sulfide) groups is 1. The van der Waals surface area contributed by atoms with Gasteiger partial charge in [-0.1, -0.05) is 24.3 Å². The van der Waals surface area contributed by atoms with Crippen molar-refractivity contribution in [2.24, 2.45) is 0 Å². The first-order valence-electron chi connectivity index (χ1n) is 9.43. The molecule has 1 fully saturated rings. The van der Waals surface area contributed by atoms with E-state index in [1.807, 2.05) is 55.5 Å². The van der Waals surface area contributed by atoms with Gasteiger partial charge in [-0.25, -0.2) is 13.4 Å². The average Bonchev–Trinajstić information content (AvgIpc) is 3.29. The van der Waals surface area contributed by atoms with Gasteiger partial charge < -0.3 is 4.90 Å². The van der Waals surface area contributed by atoms with Crippen molar-refractivity contribution in [1.29, 1.82) is 0 Å². The van der Waals surface area contributed by atoms with Crippen LogP contribution in [-0.4, -0.2) is 48.0 Å². The van der Waals surface area contributed by atoms with Crippen LogP contribution in [0.1, 0.15) is 34.8 Å². The van der Waals surface area contributed by atoms with E-state index in [0.717, 1.165) is 20.1 Å². The summed E-state index contributed by atoms with van der Waals surface area (Å²) in [5, 5.41) is 0.898. The number of thiazole rings is 1. The summed E-state index contributed by atoms with van der Waals surface area (Å²) in [6.45, 7) is 1.98. The van der Waals surface area contributed by atoms with Crippen molar-refractivity contribution in [3.63, 3.8) is 0 Å². The van der Waals surface area contributed by atoms with E-state index in [0.29, 0.717) is 12.0 Å². The largest absolute Gasteiger partial charge is 0.332 e. The lowest BCUT2D eigenvalue weighted by Gasteiger charge is -2.24. The van der Waals surface area contributed by atoms with Crippen molar-refractivity contribution in [2.75, 3.05) is 18.6 Å². The third-order valence-electron chi connectivity index (χ3n) is 5.17. The molecule has 4 rings (SSSR count). The molecule has 5 nitrogen and oxygen atoms in total. The van der Waals surface area contributed by atoms with Crippen molar-refractivity contribution in [2.45, 2.75) is 29.5 Å². The average molecular weight is 447 g/mol. The normalized spacial score (nSPS) is 19.3. The minimum Gasteiger partial charge on any atom is -0.332 e. The third-order valence-corrected chi connectivity index (χ3v) is 9.70. The molecule has 1 aromatic heterocycles. The molecule has 0 N–H and O–H groups in total. The summed E-state index contributed by atoms with van der Waals surface area (Å²) >= 11 is 3.10. The van der Waals surface area contributed by atoms with E-state index in [9.17, 15) is 13.2 Å². The summed E-state index contributed by atoms with van der Waals surface area (Å²) in [7, 11) is -1.16. The van der Waals surface area contributed by atoms with Crippen molar-refractivity contribution in [3.05, 3.63) is 59.1 Å². The number of nitrogens with zero attached hydrogens (tertiary/aromatic N) is 2. The van der Waals surface area contributed by atoms with Crippen LogP contribution in [-0.2, 0) is 9.84 Å². The van der Waals surface area contributed by atoms with Crippen LogP contribution in [0.3, 0.4) is 0 Å². The van der Waals surface area contributed by atoms with Gasteiger partial charge in [-0.15, -0.1) is 23.1 Å². The van der Waals surface area contributed by atoms with Crippen molar-refractivity contribution >= 4 is 49.1 Å². The molecule has 1 aliphatic heterocycles. The van der Waals surface area contributed by atoms with Gasteiger partial charge in [-0.2, -0.15) is 0 Å². The Kier molecular flexibility index (Phi) is 5.68. The van der Waals surface area contributed by atoms with E-state index in [2.05, 4.69) is 4.98 Å². The van der Waals surface area contributed by atoms with Gasteiger partial charge in [0.15, 0.2) is 9.84 Å². The monoisotopic (exact) mass is 446 g/mol. The second-order valence-corrected chi connectivity index (χ2v) is 11.9. The van der Waals surface area contributed by atoms with Crippen LogP contribution in [0.2, 0.25) is 0 Å². The van der Waals surface area contributed by atoms with Gasteiger partial charge in [0.1, 0.15) is 5.01 Å². The number of amides is 1. The molecule has 0 spiro atoms. The highest BCUT2D eigenvalue weighted by Gasteiger charge is 2.30. The molecule has 0 unspecified atom stereocenters. The second kappa shape index (κ2) is 8.08. The Balaban J connectivity index is 1.55.